The normalized spacial score (nSPS) is 11.9. The third-order valence-electron chi connectivity index (χ3n) is 3.52. The van der Waals surface area contributed by atoms with Crippen LogP contribution in [0.3, 0.4) is 0 Å². The van der Waals surface area contributed by atoms with E-state index in [1.54, 1.807) is 11.3 Å². The molecule has 0 fully saturated rings. The van der Waals surface area contributed by atoms with E-state index in [1.165, 1.54) is 15.6 Å². The molecule has 0 saturated heterocycles. The van der Waals surface area contributed by atoms with Gasteiger partial charge in [-0.05, 0) is 18.2 Å². The predicted octanol–water partition coefficient (Wildman–Crippen LogP) is 4.54. The topological polar surface area (TPSA) is 30.2 Å². The van der Waals surface area contributed by atoms with Gasteiger partial charge in [-0.2, -0.15) is 0 Å². The molecular formula is C17H13N3S. The average molecular weight is 291 g/mol. The minimum Gasteiger partial charge on any atom is -0.350 e. The van der Waals surface area contributed by atoms with E-state index in [0.717, 1.165) is 16.2 Å². The second-order valence-electron chi connectivity index (χ2n) is 4.93. The summed E-state index contributed by atoms with van der Waals surface area (Å²) in [6.07, 6.45) is 4.00. The first kappa shape index (κ1) is 12.3. The summed E-state index contributed by atoms with van der Waals surface area (Å²) in [5, 5.41) is 2.01. The Kier molecular flexibility index (Phi) is 2.82. The first-order valence-corrected chi connectivity index (χ1v) is 7.56. The number of aryl methyl sites for hydroxylation is 1. The molecule has 4 aromatic rings. The fourth-order valence-electron chi connectivity index (χ4n) is 2.52. The SMILES string of the molecule is Cn1cc(/C=N\c2nc3ccccc3s2)c2ccccc21. The van der Waals surface area contributed by atoms with Crippen molar-refractivity contribution in [3.8, 4) is 0 Å². The molecule has 0 aliphatic carbocycles. The van der Waals surface area contributed by atoms with Gasteiger partial charge in [0.15, 0.2) is 0 Å². The van der Waals surface area contributed by atoms with Gasteiger partial charge in [-0.25, -0.2) is 9.98 Å². The van der Waals surface area contributed by atoms with Crippen molar-refractivity contribution in [1.82, 2.24) is 9.55 Å². The molecule has 0 spiro atoms. The highest BCUT2D eigenvalue weighted by atomic mass is 32.1. The van der Waals surface area contributed by atoms with Crippen LogP contribution in [0.15, 0.2) is 59.7 Å². The van der Waals surface area contributed by atoms with Crippen LogP contribution in [0, 0.1) is 0 Å². The van der Waals surface area contributed by atoms with E-state index in [2.05, 4.69) is 58.1 Å². The number of para-hydroxylation sites is 2. The van der Waals surface area contributed by atoms with Crippen LogP contribution in [-0.2, 0) is 7.05 Å². The highest BCUT2D eigenvalue weighted by Crippen LogP contribution is 2.28. The maximum absolute atomic E-state index is 4.55. The molecule has 2 heterocycles. The molecule has 0 radical (unpaired) electrons. The Morgan fingerprint density at radius 1 is 1.10 bits per heavy atom. The molecular weight excluding hydrogens is 278 g/mol. The molecule has 4 heteroatoms. The van der Waals surface area contributed by atoms with Gasteiger partial charge in [0.2, 0.25) is 5.13 Å². The van der Waals surface area contributed by atoms with Crippen LogP contribution in [0.25, 0.3) is 21.1 Å². The Bertz CT molecular complexity index is 929. The van der Waals surface area contributed by atoms with Gasteiger partial charge in [-0.1, -0.05) is 41.7 Å². The molecule has 21 heavy (non-hydrogen) atoms. The Balaban J connectivity index is 1.76. The number of aromatic nitrogens is 2. The quantitative estimate of drug-likeness (QED) is 0.499. The van der Waals surface area contributed by atoms with Gasteiger partial charge < -0.3 is 4.57 Å². The molecule has 0 unspecified atom stereocenters. The average Bonchev–Trinajstić information content (AvgIpc) is 3.07. The smallest absolute Gasteiger partial charge is 0.210 e. The Morgan fingerprint density at radius 2 is 1.90 bits per heavy atom. The van der Waals surface area contributed by atoms with Gasteiger partial charge in [0.25, 0.3) is 0 Å². The van der Waals surface area contributed by atoms with Gasteiger partial charge in [0.1, 0.15) is 0 Å². The summed E-state index contributed by atoms with van der Waals surface area (Å²) >= 11 is 1.61. The Hall–Kier alpha value is -2.46. The summed E-state index contributed by atoms with van der Waals surface area (Å²) in [7, 11) is 2.05. The number of fused-ring (bicyclic) bond motifs is 2. The van der Waals surface area contributed by atoms with Gasteiger partial charge >= 0.3 is 0 Å². The van der Waals surface area contributed by atoms with E-state index < -0.39 is 0 Å². The Morgan fingerprint density at radius 3 is 2.81 bits per heavy atom. The fraction of sp³-hybridized carbons (Fsp3) is 0.0588. The zero-order valence-corrected chi connectivity index (χ0v) is 12.3. The molecule has 0 aliphatic heterocycles. The van der Waals surface area contributed by atoms with Crippen molar-refractivity contribution in [2.75, 3.05) is 0 Å². The summed E-state index contributed by atoms with van der Waals surface area (Å²) in [5.41, 5.74) is 3.34. The minimum atomic E-state index is 0.795. The molecule has 0 bridgehead atoms. The van der Waals surface area contributed by atoms with Crippen LogP contribution in [0.5, 0.6) is 0 Å². The summed E-state index contributed by atoms with van der Waals surface area (Å²) in [6, 6.07) is 16.5. The highest BCUT2D eigenvalue weighted by Gasteiger charge is 2.04. The monoisotopic (exact) mass is 291 g/mol. The van der Waals surface area contributed by atoms with E-state index in [-0.39, 0.29) is 0 Å². The van der Waals surface area contributed by atoms with Crippen LogP contribution >= 0.6 is 11.3 Å². The second kappa shape index (κ2) is 4.82. The van der Waals surface area contributed by atoms with E-state index in [4.69, 9.17) is 0 Å². The molecule has 0 atom stereocenters. The van der Waals surface area contributed by atoms with E-state index in [9.17, 15) is 0 Å². The van der Waals surface area contributed by atoms with Crippen molar-refractivity contribution < 1.29 is 0 Å². The molecule has 0 aliphatic rings. The van der Waals surface area contributed by atoms with E-state index in [0.29, 0.717) is 0 Å². The van der Waals surface area contributed by atoms with E-state index >= 15 is 0 Å². The lowest BCUT2D eigenvalue weighted by Gasteiger charge is -1.92. The molecule has 2 aromatic carbocycles. The minimum absolute atomic E-state index is 0.795. The van der Waals surface area contributed by atoms with Crippen molar-refractivity contribution >= 4 is 43.8 Å². The summed E-state index contributed by atoms with van der Waals surface area (Å²) in [6.45, 7) is 0. The van der Waals surface area contributed by atoms with E-state index in [1.807, 2.05) is 24.4 Å². The number of aliphatic imine (C=N–C) groups is 1. The van der Waals surface area contributed by atoms with Crippen molar-refractivity contribution in [2.24, 2.45) is 12.0 Å². The number of benzene rings is 2. The zero-order chi connectivity index (χ0) is 14.2. The number of thiazole rings is 1. The lowest BCUT2D eigenvalue weighted by atomic mass is 10.2. The van der Waals surface area contributed by atoms with Crippen molar-refractivity contribution in [3.63, 3.8) is 0 Å². The van der Waals surface area contributed by atoms with Gasteiger partial charge in [-0.15, -0.1) is 0 Å². The van der Waals surface area contributed by atoms with Crippen LogP contribution in [0.1, 0.15) is 5.56 Å². The molecule has 4 rings (SSSR count). The fourth-order valence-corrected chi connectivity index (χ4v) is 3.33. The maximum atomic E-state index is 4.55. The molecule has 0 amide bonds. The molecule has 0 saturated carbocycles. The van der Waals surface area contributed by atoms with Gasteiger partial charge in [-0.3, -0.25) is 0 Å². The highest BCUT2D eigenvalue weighted by molar-refractivity contribution is 7.22. The molecule has 2 aromatic heterocycles. The van der Waals surface area contributed by atoms with Crippen LogP contribution in [0.2, 0.25) is 0 Å². The Labute approximate surface area is 126 Å². The zero-order valence-electron chi connectivity index (χ0n) is 11.5. The third-order valence-corrected chi connectivity index (χ3v) is 4.47. The number of rotatable bonds is 2. The summed E-state index contributed by atoms with van der Waals surface area (Å²) < 4.78 is 3.29. The maximum Gasteiger partial charge on any atom is 0.210 e. The van der Waals surface area contributed by atoms with Crippen LogP contribution in [0.4, 0.5) is 5.13 Å². The third kappa shape index (κ3) is 2.14. The van der Waals surface area contributed by atoms with Crippen LogP contribution < -0.4 is 0 Å². The lowest BCUT2D eigenvalue weighted by Crippen LogP contribution is -1.82. The number of hydrogen-bond donors (Lipinski definition) is 0. The summed E-state index contributed by atoms with van der Waals surface area (Å²) in [4.78, 5) is 9.07. The van der Waals surface area contributed by atoms with Crippen molar-refractivity contribution in [2.45, 2.75) is 0 Å². The standard InChI is InChI=1S/C17H13N3S/c1-20-11-12(13-6-2-4-8-15(13)20)10-18-17-19-14-7-3-5-9-16(14)21-17/h2-11H,1H3/b18-10-. The second-order valence-corrected chi connectivity index (χ2v) is 5.94. The number of nitrogens with zero attached hydrogens (tertiary/aromatic N) is 3. The van der Waals surface area contributed by atoms with Crippen molar-refractivity contribution in [3.05, 3.63) is 60.3 Å². The van der Waals surface area contributed by atoms with Crippen LogP contribution in [-0.4, -0.2) is 15.8 Å². The largest absolute Gasteiger partial charge is 0.350 e. The number of hydrogen-bond acceptors (Lipinski definition) is 3. The predicted molar refractivity (Wildman–Crippen MR) is 89.8 cm³/mol. The first-order valence-electron chi connectivity index (χ1n) is 6.75. The molecule has 102 valence electrons. The molecule has 0 N–H and O–H groups in total. The summed E-state index contributed by atoms with van der Waals surface area (Å²) in [5.74, 6) is 0. The van der Waals surface area contributed by atoms with Gasteiger partial charge in [0, 0.05) is 35.9 Å². The van der Waals surface area contributed by atoms with Gasteiger partial charge in [0.05, 0.1) is 10.2 Å². The molecule has 3 nitrogen and oxygen atoms in total. The van der Waals surface area contributed by atoms with Crippen molar-refractivity contribution in [1.29, 1.82) is 0 Å². The lowest BCUT2D eigenvalue weighted by molar-refractivity contribution is 0.968. The first-order chi connectivity index (χ1) is 10.3.